The highest BCUT2D eigenvalue weighted by molar-refractivity contribution is 7.12. The molecule has 1 aromatic heterocycles. The number of carbonyl (C=O) groups is 3. The number of urea groups is 1. The van der Waals surface area contributed by atoms with Gasteiger partial charge >= 0.3 is 6.03 Å². The van der Waals surface area contributed by atoms with E-state index in [2.05, 4.69) is 5.32 Å². The highest BCUT2D eigenvalue weighted by Crippen LogP contribution is 2.35. The second-order valence-corrected chi connectivity index (χ2v) is 8.62. The number of benzene rings is 1. The normalized spacial score (nSPS) is 19.8. The van der Waals surface area contributed by atoms with E-state index >= 15 is 0 Å². The molecule has 0 bridgehead atoms. The maximum Gasteiger partial charge on any atom is 0.325 e. The topological polar surface area (TPSA) is 66.5 Å². The summed E-state index contributed by atoms with van der Waals surface area (Å²) in [6.07, 6.45) is 0. The highest BCUT2D eigenvalue weighted by atomic mass is 35.5. The van der Waals surface area contributed by atoms with Crippen LogP contribution in [0.2, 0.25) is 10.0 Å². The first-order valence-corrected chi connectivity index (χ1v) is 9.40. The van der Waals surface area contributed by atoms with Gasteiger partial charge < -0.3 is 5.32 Å². The zero-order chi connectivity index (χ0) is 19.2. The molecule has 2 aromatic rings. The molecule has 0 radical (unpaired) electrons. The summed E-state index contributed by atoms with van der Waals surface area (Å²) in [6.45, 7) is 4.99. The Balaban J connectivity index is 1.89. The molecule has 1 fully saturated rings. The zero-order valence-corrected chi connectivity index (χ0v) is 16.7. The number of nitrogens with one attached hydrogen (secondary N) is 1. The Morgan fingerprint density at radius 3 is 2.50 bits per heavy atom. The number of thiophene rings is 1. The Hall–Kier alpha value is -1.89. The molecule has 1 N–H and O–H groups in total. The van der Waals surface area contributed by atoms with Crippen molar-refractivity contribution in [3.63, 3.8) is 0 Å². The Kier molecular flexibility index (Phi) is 4.86. The van der Waals surface area contributed by atoms with Crippen molar-refractivity contribution < 1.29 is 14.4 Å². The van der Waals surface area contributed by atoms with E-state index in [9.17, 15) is 14.4 Å². The molecule has 1 aromatic carbocycles. The van der Waals surface area contributed by atoms with Gasteiger partial charge in [-0.05, 0) is 39.0 Å². The van der Waals surface area contributed by atoms with Crippen molar-refractivity contribution in [1.29, 1.82) is 0 Å². The summed E-state index contributed by atoms with van der Waals surface area (Å²) in [5.74, 6) is -0.800. The average molecular weight is 411 g/mol. The number of rotatable bonds is 4. The molecule has 5 nitrogen and oxygen atoms in total. The van der Waals surface area contributed by atoms with Crippen LogP contribution in [0.1, 0.15) is 32.6 Å². The van der Waals surface area contributed by atoms with Crippen LogP contribution in [-0.2, 0) is 10.3 Å². The SMILES string of the molecule is Cc1cc(C(=O)CN2C(=O)N[C@](C)(c3ccc(Cl)cc3Cl)C2=O)c(C)s1. The maximum atomic E-state index is 12.9. The summed E-state index contributed by atoms with van der Waals surface area (Å²) in [6, 6.07) is 5.85. The molecule has 0 saturated carbocycles. The largest absolute Gasteiger partial charge is 0.325 e. The summed E-state index contributed by atoms with van der Waals surface area (Å²) in [5.41, 5.74) is -0.385. The minimum absolute atomic E-state index is 0.270. The van der Waals surface area contributed by atoms with E-state index in [4.69, 9.17) is 23.2 Å². The van der Waals surface area contributed by atoms with Crippen LogP contribution in [0, 0.1) is 13.8 Å². The van der Waals surface area contributed by atoms with E-state index in [1.165, 1.54) is 17.4 Å². The molecule has 1 saturated heterocycles. The van der Waals surface area contributed by atoms with E-state index < -0.39 is 17.5 Å². The molecule has 26 heavy (non-hydrogen) atoms. The Bertz CT molecular complexity index is 941. The standard InChI is InChI=1S/C18H16Cl2N2O3S/c1-9-6-12(10(2)26-9)15(23)8-22-16(24)18(3,21-17(22)25)13-5-4-11(19)7-14(13)20/h4-7H,8H2,1-3H3,(H,21,25)/t18-/m1/s1. The molecule has 0 unspecified atom stereocenters. The van der Waals surface area contributed by atoms with Crippen LogP contribution < -0.4 is 5.32 Å². The summed E-state index contributed by atoms with van der Waals surface area (Å²) in [4.78, 5) is 40.7. The van der Waals surface area contributed by atoms with Crippen LogP contribution >= 0.6 is 34.5 Å². The number of imide groups is 1. The molecular weight excluding hydrogens is 395 g/mol. The average Bonchev–Trinajstić information content (AvgIpc) is 2.99. The first-order valence-electron chi connectivity index (χ1n) is 7.83. The summed E-state index contributed by atoms with van der Waals surface area (Å²) in [5, 5.41) is 3.34. The van der Waals surface area contributed by atoms with Crippen molar-refractivity contribution in [1.82, 2.24) is 10.2 Å². The van der Waals surface area contributed by atoms with Gasteiger partial charge in [0.2, 0.25) is 0 Å². The number of amides is 3. The van der Waals surface area contributed by atoms with Gasteiger partial charge in [-0.15, -0.1) is 11.3 Å². The fourth-order valence-corrected chi connectivity index (χ4v) is 4.59. The molecule has 136 valence electrons. The lowest BCUT2D eigenvalue weighted by Gasteiger charge is -2.23. The van der Waals surface area contributed by atoms with Crippen LogP contribution in [0.5, 0.6) is 0 Å². The van der Waals surface area contributed by atoms with Crippen molar-refractivity contribution in [2.45, 2.75) is 26.3 Å². The van der Waals surface area contributed by atoms with Gasteiger partial charge in [0.05, 0.1) is 6.54 Å². The van der Waals surface area contributed by atoms with Crippen LogP contribution in [0.25, 0.3) is 0 Å². The summed E-state index contributed by atoms with van der Waals surface area (Å²) < 4.78 is 0. The van der Waals surface area contributed by atoms with Gasteiger partial charge in [-0.3, -0.25) is 14.5 Å². The lowest BCUT2D eigenvalue weighted by atomic mass is 9.92. The molecule has 1 aliphatic heterocycles. The van der Waals surface area contributed by atoms with Gasteiger partial charge in [0.25, 0.3) is 5.91 Å². The quantitative estimate of drug-likeness (QED) is 0.602. The van der Waals surface area contributed by atoms with Gasteiger partial charge in [0, 0.05) is 30.9 Å². The summed E-state index contributed by atoms with van der Waals surface area (Å²) in [7, 11) is 0. The van der Waals surface area contributed by atoms with Gasteiger partial charge in [-0.2, -0.15) is 0 Å². The minimum Gasteiger partial charge on any atom is -0.319 e. The van der Waals surface area contributed by atoms with Crippen molar-refractivity contribution >= 4 is 52.3 Å². The number of ketones is 1. The first-order chi connectivity index (χ1) is 12.1. The number of Topliss-reactive ketones (excluding diaryl/α,β-unsaturated/α-hetero) is 1. The number of carbonyl (C=O) groups excluding carboxylic acids is 3. The molecule has 1 aliphatic rings. The van der Waals surface area contributed by atoms with Gasteiger partial charge in [0.15, 0.2) is 5.78 Å². The number of halogens is 2. The predicted octanol–water partition coefficient (Wildman–Crippen LogP) is 4.32. The molecule has 2 heterocycles. The predicted molar refractivity (Wildman–Crippen MR) is 102 cm³/mol. The third-order valence-electron chi connectivity index (χ3n) is 4.39. The van der Waals surface area contributed by atoms with Crippen LogP contribution in [0.4, 0.5) is 4.79 Å². The molecule has 8 heteroatoms. The lowest BCUT2D eigenvalue weighted by molar-refractivity contribution is -0.130. The molecule has 3 rings (SSSR count). The van der Waals surface area contributed by atoms with E-state index in [-0.39, 0.29) is 17.4 Å². The second kappa shape index (κ2) is 6.68. The number of hydrogen-bond acceptors (Lipinski definition) is 4. The third kappa shape index (κ3) is 3.13. The van der Waals surface area contributed by atoms with Crippen molar-refractivity contribution in [2.75, 3.05) is 6.54 Å². The third-order valence-corrected chi connectivity index (χ3v) is 5.90. The van der Waals surface area contributed by atoms with E-state index in [0.717, 1.165) is 14.7 Å². The second-order valence-electron chi connectivity index (χ2n) is 6.32. The Morgan fingerprint density at radius 2 is 1.92 bits per heavy atom. The van der Waals surface area contributed by atoms with Crippen molar-refractivity contribution in [3.8, 4) is 0 Å². The number of hydrogen-bond donors (Lipinski definition) is 1. The smallest absolute Gasteiger partial charge is 0.319 e. The van der Waals surface area contributed by atoms with Crippen LogP contribution in [0.15, 0.2) is 24.3 Å². The minimum atomic E-state index is -1.35. The lowest BCUT2D eigenvalue weighted by Crippen LogP contribution is -2.41. The van der Waals surface area contributed by atoms with E-state index in [0.29, 0.717) is 16.1 Å². The monoisotopic (exact) mass is 410 g/mol. The molecule has 3 amide bonds. The number of nitrogens with zero attached hydrogens (tertiary/aromatic N) is 1. The number of aryl methyl sites for hydroxylation is 2. The van der Waals surface area contributed by atoms with E-state index in [1.54, 1.807) is 25.1 Å². The zero-order valence-electron chi connectivity index (χ0n) is 14.4. The Morgan fingerprint density at radius 1 is 1.23 bits per heavy atom. The molecule has 0 aliphatic carbocycles. The molecule has 0 spiro atoms. The van der Waals surface area contributed by atoms with Crippen LogP contribution in [0.3, 0.4) is 0 Å². The van der Waals surface area contributed by atoms with E-state index in [1.807, 2.05) is 13.8 Å². The van der Waals surface area contributed by atoms with Gasteiger partial charge in [0.1, 0.15) is 5.54 Å². The van der Waals surface area contributed by atoms with Gasteiger partial charge in [-0.25, -0.2) is 4.79 Å². The molecule has 1 atom stereocenters. The molecular formula is C18H16Cl2N2O3S. The van der Waals surface area contributed by atoms with Crippen molar-refractivity contribution in [3.05, 3.63) is 55.2 Å². The fraction of sp³-hybridized carbons (Fsp3) is 0.278. The maximum absolute atomic E-state index is 12.9. The highest BCUT2D eigenvalue weighted by Gasteiger charge is 2.50. The van der Waals surface area contributed by atoms with Gasteiger partial charge in [-0.1, -0.05) is 29.3 Å². The van der Waals surface area contributed by atoms with Crippen molar-refractivity contribution in [2.24, 2.45) is 0 Å². The first kappa shape index (κ1) is 18.9. The Labute approximate surface area is 164 Å². The van der Waals surface area contributed by atoms with Crippen LogP contribution in [-0.4, -0.2) is 29.2 Å². The fourth-order valence-electron chi connectivity index (χ4n) is 3.05. The summed E-state index contributed by atoms with van der Waals surface area (Å²) >= 11 is 13.6.